The third-order valence-electron chi connectivity index (χ3n) is 5.66. The molecule has 2 saturated carbocycles. The van der Waals surface area contributed by atoms with E-state index in [0.29, 0.717) is 28.3 Å². The summed E-state index contributed by atoms with van der Waals surface area (Å²) in [5.41, 5.74) is 0.469. The van der Waals surface area contributed by atoms with Gasteiger partial charge in [-0.25, -0.2) is 0 Å². The number of fused-ring (bicyclic) bond motifs is 1. The van der Waals surface area contributed by atoms with Crippen molar-refractivity contribution in [3.05, 3.63) is 35.4 Å². The molecule has 5 nitrogen and oxygen atoms in total. The van der Waals surface area contributed by atoms with Crippen LogP contribution >= 0.6 is 11.6 Å². The lowest BCUT2D eigenvalue weighted by Gasteiger charge is -2.41. The lowest BCUT2D eigenvalue weighted by molar-refractivity contribution is -0.152. The molecule has 6 heteroatoms. The molecule has 5 rings (SSSR count). The molecule has 2 fully saturated rings. The normalized spacial score (nSPS) is 35.2. The molecule has 2 bridgehead atoms. The molecule has 0 heterocycles. The Morgan fingerprint density at radius 2 is 1.88 bits per heavy atom. The predicted molar refractivity (Wildman–Crippen MR) is 89.0 cm³/mol. The number of nitrogens with one attached hydrogen (secondary N) is 1. The van der Waals surface area contributed by atoms with Crippen molar-refractivity contribution in [1.29, 1.82) is 0 Å². The Bertz CT molecular complexity index is 747. The lowest BCUT2D eigenvalue weighted by atomic mass is 9.62. The van der Waals surface area contributed by atoms with Crippen molar-refractivity contribution < 1.29 is 19.4 Å². The lowest BCUT2D eigenvalue weighted by Crippen LogP contribution is -2.48. The van der Waals surface area contributed by atoms with E-state index >= 15 is 0 Å². The highest BCUT2D eigenvalue weighted by Gasteiger charge is 2.63. The number of allylic oxidation sites excluding steroid dienone is 2. The van der Waals surface area contributed by atoms with Gasteiger partial charge in [-0.1, -0.05) is 23.8 Å². The summed E-state index contributed by atoms with van der Waals surface area (Å²) in [5.74, 6) is -1.01. The fourth-order valence-corrected chi connectivity index (χ4v) is 4.74. The van der Waals surface area contributed by atoms with Gasteiger partial charge in [-0.05, 0) is 48.3 Å². The summed E-state index contributed by atoms with van der Waals surface area (Å²) >= 11 is 6.00. The zero-order valence-electron chi connectivity index (χ0n) is 13.1. The van der Waals surface area contributed by atoms with Crippen molar-refractivity contribution in [3.8, 4) is 5.75 Å². The van der Waals surface area contributed by atoms with E-state index in [4.69, 9.17) is 16.3 Å². The van der Waals surface area contributed by atoms with E-state index in [1.807, 2.05) is 12.2 Å². The van der Waals surface area contributed by atoms with E-state index in [9.17, 15) is 14.7 Å². The molecule has 1 aromatic rings. The Hall–Kier alpha value is -2.01. The first-order valence-corrected chi connectivity index (χ1v) is 8.44. The second-order valence-electron chi connectivity index (χ2n) is 6.83. The number of ether oxygens (including phenoxy) is 1. The van der Waals surface area contributed by atoms with Gasteiger partial charge in [0.15, 0.2) is 0 Å². The number of carboxylic acids is 1. The maximum absolute atomic E-state index is 12.9. The Balaban J connectivity index is 1.63. The van der Waals surface area contributed by atoms with Gasteiger partial charge >= 0.3 is 5.97 Å². The Labute approximate surface area is 144 Å². The number of rotatable bonds is 4. The topological polar surface area (TPSA) is 75.6 Å². The molecule has 126 valence electrons. The summed E-state index contributed by atoms with van der Waals surface area (Å²) in [6, 6.07) is 4.97. The van der Waals surface area contributed by atoms with Crippen molar-refractivity contribution in [2.24, 2.45) is 35.5 Å². The molecule has 24 heavy (non-hydrogen) atoms. The smallest absolute Gasteiger partial charge is 0.307 e. The van der Waals surface area contributed by atoms with E-state index < -0.39 is 17.8 Å². The van der Waals surface area contributed by atoms with Crippen LogP contribution in [0.3, 0.4) is 0 Å². The molecular weight excluding hydrogens is 330 g/mol. The molecule has 4 aliphatic rings. The molecule has 0 unspecified atom stereocenters. The van der Waals surface area contributed by atoms with Gasteiger partial charge in [-0.2, -0.15) is 0 Å². The quantitative estimate of drug-likeness (QED) is 0.821. The molecule has 6 atom stereocenters. The van der Waals surface area contributed by atoms with Gasteiger partial charge in [0.1, 0.15) is 5.75 Å². The van der Waals surface area contributed by atoms with Gasteiger partial charge < -0.3 is 15.2 Å². The number of amides is 1. The maximum atomic E-state index is 12.9. The third kappa shape index (κ3) is 2.30. The Kier molecular flexibility index (Phi) is 3.57. The first kappa shape index (κ1) is 15.5. The van der Waals surface area contributed by atoms with Crippen LogP contribution in [0.15, 0.2) is 30.4 Å². The molecule has 1 amide bonds. The van der Waals surface area contributed by atoms with Gasteiger partial charge in [0.05, 0.1) is 24.6 Å². The summed E-state index contributed by atoms with van der Waals surface area (Å²) in [7, 11) is 1.51. The van der Waals surface area contributed by atoms with Crippen LogP contribution in [-0.4, -0.2) is 24.1 Å². The molecule has 0 aromatic heterocycles. The summed E-state index contributed by atoms with van der Waals surface area (Å²) in [4.78, 5) is 24.7. The minimum atomic E-state index is -0.891. The third-order valence-corrected chi connectivity index (χ3v) is 5.89. The van der Waals surface area contributed by atoms with Gasteiger partial charge in [-0.15, -0.1) is 0 Å². The average molecular weight is 348 g/mol. The van der Waals surface area contributed by atoms with E-state index in [-0.39, 0.29) is 17.7 Å². The number of carbonyl (C=O) groups is 2. The molecule has 2 N–H and O–H groups in total. The van der Waals surface area contributed by atoms with E-state index in [0.717, 1.165) is 6.42 Å². The number of anilines is 1. The first-order chi connectivity index (χ1) is 11.5. The summed E-state index contributed by atoms with van der Waals surface area (Å²) in [5, 5.41) is 13.0. The van der Waals surface area contributed by atoms with Gasteiger partial charge in [0.25, 0.3) is 0 Å². The highest BCUT2D eigenvalue weighted by Crippen LogP contribution is 2.63. The maximum Gasteiger partial charge on any atom is 0.307 e. The van der Waals surface area contributed by atoms with Crippen LogP contribution in [0.4, 0.5) is 5.69 Å². The second kappa shape index (κ2) is 5.52. The van der Waals surface area contributed by atoms with Crippen molar-refractivity contribution in [1.82, 2.24) is 0 Å². The molecular formula is C18H18ClNO4. The highest BCUT2D eigenvalue weighted by molar-refractivity contribution is 6.31. The van der Waals surface area contributed by atoms with Crippen molar-refractivity contribution >= 4 is 29.2 Å². The Morgan fingerprint density at radius 3 is 2.50 bits per heavy atom. The van der Waals surface area contributed by atoms with Crippen LogP contribution in [0.2, 0.25) is 5.02 Å². The van der Waals surface area contributed by atoms with Crippen LogP contribution in [0.5, 0.6) is 5.75 Å². The highest BCUT2D eigenvalue weighted by atomic mass is 35.5. The number of carbonyl (C=O) groups excluding carboxylic acids is 1. The number of methoxy groups -OCH3 is 1. The van der Waals surface area contributed by atoms with Crippen molar-refractivity contribution in [3.63, 3.8) is 0 Å². The first-order valence-electron chi connectivity index (χ1n) is 8.07. The van der Waals surface area contributed by atoms with Crippen LogP contribution in [-0.2, 0) is 9.59 Å². The predicted octanol–water partition coefficient (Wildman–Crippen LogP) is 3.06. The summed E-state index contributed by atoms with van der Waals surface area (Å²) in [6.45, 7) is 0. The summed E-state index contributed by atoms with van der Waals surface area (Å²) < 4.78 is 5.25. The zero-order valence-corrected chi connectivity index (χ0v) is 13.9. The minimum Gasteiger partial charge on any atom is -0.495 e. The number of carboxylic acid groups (broad SMARTS) is 1. The van der Waals surface area contributed by atoms with Gasteiger partial charge in [0.2, 0.25) is 5.91 Å². The van der Waals surface area contributed by atoms with Gasteiger partial charge in [-0.3, -0.25) is 9.59 Å². The fraction of sp³-hybridized carbons (Fsp3) is 0.444. The average Bonchev–Trinajstić information content (AvgIpc) is 3.36. The molecule has 0 aliphatic heterocycles. The summed E-state index contributed by atoms with van der Waals surface area (Å²) in [6.07, 6.45) is 5.06. The standard InChI is InChI=1S/C18H18ClNO4/c1-24-14-5-2-8(19)6-13(14)20-17(21)15-9-3-4-10(12-7-11(9)12)16(15)18(22)23/h2-6,9-12,15-16H,7H2,1H3,(H,20,21)(H,22,23)/t9-,10-,11+,12-,15-,16-/m0/s1. The van der Waals surface area contributed by atoms with Gasteiger partial charge in [0, 0.05) is 5.02 Å². The molecule has 0 spiro atoms. The Morgan fingerprint density at radius 1 is 1.21 bits per heavy atom. The number of benzene rings is 1. The largest absolute Gasteiger partial charge is 0.495 e. The molecule has 1 aromatic carbocycles. The molecule has 0 radical (unpaired) electrons. The number of hydrogen-bond acceptors (Lipinski definition) is 3. The van der Waals surface area contributed by atoms with Crippen molar-refractivity contribution in [2.45, 2.75) is 6.42 Å². The van der Waals surface area contributed by atoms with E-state index in [2.05, 4.69) is 5.32 Å². The van der Waals surface area contributed by atoms with Crippen LogP contribution in [0, 0.1) is 35.5 Å². The van der Waals surface area contributed by atoms with Crippen LogP contribution in [0.25, 0.3) is 0 Å². The number of hydrogen-bond donors (Lipinski definition) is 2. The fourth-order valence-electron chi connectivity index (χ4n) is 4.56. The van der Waals surface area contributed by atoms with Crippen LogP contribution < -0.4 is 10.1 Å². The minimum absolute atomic E-state index is 0.00581. The number of aliphatic carboxylic acids is 1. The second-order valence-corrected chi connectivity index (χ2v) is 7.26. The molecule has 4 aliphatic carbocycles. The monoisotopic (exact) mass is 347 g/mol. The van der Waals surface area contributed by atoms with E-state index in [1.54, 1.807) is 18.2 Å². The number of halogens is 1. The molecule has 0 saturated heterocycles. The zero-order chi connectivity index (χ0) is 17.0. The van der Waals surface area contributed by atoms with Crippen molar-refractivity contribution in [2.75, 3.05) is 12.4 Å². The van der Waals surface area contributed by atoms with E-state index in [1.165, 1.54) is 7.11 Å². The van der Waals surface area contributed by atoms with Crippen LogP contribution in [0.1, 0.15) is 6.42 Å². The SMILES string of the molecule is COc1ccc(Cl)cc1NC(=O)[C@H]1[C@H]2C=C[C@@H]([C@@H]3C[C@H]23)[C@@H]1C(=O)O.